The second-order valence-electron chi connectivity index (χ2n) is 5.05. The zero-order chi connectivity index (χ0) is 13.4. The SMILES string of the molecule is C[C@@H]1CN(c2cnnc3ccc(Br)cc23)C[C@H](C)O1. The van der Waals surface area contributed by atoms with Gasteiger partial charge in [-0.25, -0.2) is 0 Å². The summed E-state index contributed by atoms with van der Waals surface area (Å²) in [6.45, 7) is 5.99. The highest BCUT2D eigenvalue weighted by atomic mass is 79.9. The van der Waals surface area contributed by atoms with Crippen molar-refractivity contribution in [2.24, 2.45) is 0 Å². The zero-order valence-electron chi connectivity index (χ0n) is 11.0. The van der Waals surface area contributed by atoms with Crippen LogP contribution in [0, 0.1) is 0 Å². The Labute approximate surface area is 120 Å². The van der Waals surface area contributed by atoms with E-state index in [0.717, 1.165) is 34.2 Å². The topological polar surface area (TPSA) is 38.2 Å². The summed E-state index contributed by atoms with van der Waals surface area (Å²) in [5.41, 5.74) is 2.06. The Hall–Kier alpha value is -1.20. The molecule has 1 aromatic carbocycles. The summed E-state index contributed by atoms with van der Waals surface area (Å²) in [6, 6.07) is 6.08. The number of aromatic nitrogens is 2. The van der Waals surface area contributed by atoms with Gasteiger partial charge in [0.2, 0.25) is 0 Å². The lowest BCUT2D eigenvalue weighted by Crippen LogP contribution is -2.45. The molecule has 0 spiro atoms. The highest BCUT2D eigenvalue weighted by Crippen LogP contribution is 2.29. The summed E-state index contributed by atoms with van der Waals surface area (Å²) in [7, 11) is 0. The summed E-state index contributed by atoms with van der Waals surface area (Å²) in [5, 5.41) is 9.44. The van der Waals surface area contributed by atoms with E-state index >= 15 is 0 Å². The van der Waals surface area contributed by atoms with Crippen LogP contribution in [0.2, 0.25) is 0 Å². The molecule has 2 aromatic rings. The van der Waals surface area contributed by atoms with E-state index in [1.807, 2.05) is 18.3 Å². The van der Waals surface area contributed by atoms with E-state index in [0.29, 0.717) is 0 Å². The maximum Gasteiger partial charge on any atom is 0.0951 e. The van der Waals surface area contributed by atoms with Crippen LogP contribution in [0.15, 0.2) is 28.9 Å². The molecule has 0 unspecified atom stereocenters. The number of anilines is 1. The van der Waals surface area contributed by atoms with Crippen molar-refractivity contribution in [1.82, 2.24) is 10.2 Å². The first kappa shape index (κ1) is 12.8. The molecule has 19 heavy (non-hydrogen) atoms. The van der Waals surface area contributed by atoms with Crippen molar-refractivity contribution in [1.29, 1.82) is 0 Å². The van der Waals surface area contributed by atoms with Crippen molar-refractivity contribution in [2.75, 3.05) is 18.0 Å². The van der Waals surface area contributed by atoms with E-state index in [-0.39, 0.29) is 12.2 Å². The van der Waals surface area contributed by atoms with Gasteiger partial charge in [0.15, 0.2) is 0 Å². The van der Waals surface area contributed by atoms with Crippen LogP contribution in [0.3, 0.4) is 0 Å². The van der Waals surface area contributed by atoms with Crippen LogP contribution >= 0.6 is 15.9 Å². The first-order chi connectivity index (χ1) is 9.13. The number of nitrogens with zero attached hydrogens (tertiary/aromatic N) is 3. The number of benzene rings is 1. The van der Waals surface area contributed by atoms with Crippen LogP contribution in [0.4, 0.5) is 5.69 Å². The number of ether oxygens (including phenoxy) is 1. The van der Waals surface area contributed by atoms with Crippen molar-refractivity contribution in [2.45, 2.75) is 26.1 Å². The average molecular weight is 322 g/mol. The Morgan fingerprint density at radius 2 is 2.00 bits per heavy atom. The molecular weight excluding hydrogens is 306 g/mol. The van der Waals surface area contributed by atoms with Gasteiger partial charge in [0, 0.05) is 22.9 Å². The molecule has 2 heterocycles. The van der Waals surface area contributed by atoms with Crippen LogP contribution in [-0.4, -0.2) is 35.5 Å². The van der Waals surface area contributed by atoms with Crippen molar-refractivity contribution in [3.63, 3.8) is 0 Å². The number of hydrogen-bond donors (Lipinski definition) is 0. The Kier molecular flexibility index (Phi) is 3.41. The fourth-order valence-corrected chi connectivity index (χ4v) is 3.00. The second kappa shape index (κ2) is 5.06. The van der Waals surface area contributed by atoms with Gasteiger partial charge in [0.05, 0.1) is 29.6 Å². The second-order valence-corrected chi connectivity index (χ2v) is 5.97. The molecule has 0 radical (unpaired) electrons. The molecule has 3 rings (SSSR count). The lowest BCUT2D eigenvalue weighted by atomic mass is 10.1. The van der Waals surface area contributed by atoms with Crippen molar-refractivity contribution < 1.29 is 4.74 Å². The van der Waals surface area contributed by atoms with E-state index in [2.05, 4.69) is 50.9 Å². The summed E-state index contributed by atoms with van der Waals surface area (Å²) in [5.74, 6) is 0. The molecule has 1 fully saturated rings. The van der Waals surface area contributed by atoms with Gasteiger partial charge >= 0.3 is 0 Å². The molecule has 1 aliphatic rings. The van der Waals surface area contributed by atoms with Gasteiger partial charge in [0.1, 0.15) is 0 Å². The molecule has 1 saturated heterocycles. The molecule has 0 N–H and O–H groups in total. The minimum atomic E-state index is 0.235. The predicted molar refractivity (Wildman–Crippen MR) is 79.5 cm³/mol. The van der Waals surface area contributed by atoms with Crippen molar-refractivity contribution in [3.8, 4) is 0 Å². The van der Waals surface area contributed by atoms with Gasteiger partial charge in [0.25, 0.3) is 0 Å². The minimum Gasteiger partial charge on any atom is -0.372 e. The third kappa shape index (κ3) is 2.58. The highest BCUT2D eigenvalue weighted by molar-refractivity contribution is 9.10. The van der Waals surface area contributed by atoms with E-state index in [1.165, 1.54) is 0 Å². The standard InChI is InChI=1S/C14H16BrN3O/c1-9-7-18(8-10(2)19-9)14-6-16-17-13-4-3-11(15)5-12(13)14/h3-6,9-10H,7-8H2,1-2H3/t9-,10+. The highest BCUT2D eigenvalue weighted by Gasteiger charge is 2.23. The number of halogens is 1. The van der Waals surface area contributed by atoms with Gasteiger partial charge in [-0.1, -0.05) is 15.9 Å². The molecule has 0 bridgehead atoms. The molecule has 2 atom stereocenters. The number of fused-ring (bicyclic) bond motifs is 1. The Balaban J connectivity index is 2.06. The predicted octanol–water partition coefficient (Wildman–Crippen LogP) is 3.01. The molecule has 0 saturated carbocycles. The Morgan fingerprint density at radius 1 is 1.26 bits per heavy atom. The smallest absolute Gasteiger partial charge is 0.0951 e. The fraction of sp³-hybridized carbons (Fsp3) is 0.429. The lowest BCUT2D eigenvalue weighted by Gasteiger charge is -2.37. The van der Waals surface area contributed by atoms with Gasteiger partial charge in [-0.05, 0) is 32.0 Å². The third-order valence-electron chi connectivity index (χ3n) is 3.34. The van der Waals surface area contributed by atoms with Crippen LogP contribution in [-0.2, 0) is 4.74 Å². The molecule has 100 valence electrons. The first-order valence-electron chi connectivity index (χ1n) is 6.45. The molecule has 0 aliphatic carbocycles. The average Bonchev–Trinajstić information content (AvgIpc) is 2.36. The fourth-order valence-electron chi connectivity index (χ4n) is 2.64. The molecule has 1 aliphatic heterocycles. The molecule has 0 amide bonds. The molecular formula is C14H16BrN3O. The van der Waals surface area contributed by atoms with E-state index in [4.69, 9.17) is 4.74 Å². The molecule has 5 heteroatoms. The summed E-state index contributed by atoms with van der Waals surface area (Å²) >= 11 is 3.52. The number of hydrogen-bond acceptors (Lipinski definition) is 4. The third-order valence-corrected chi connectivity index (χ3v) is 3.83. The maximum absolute atomic E-state index is 5.79. The molecule has 4 nitrogen and oxygen atoms in total. The minimum absolute atomic E-state index is 0.235. The van der Waals surface area contributed by atoms with Crippen molar-refractivity contribution in [3.05, 3.63) is 28.9 Å². The van der Waals surface area contributed by atoms with Gasteiger partial charge < -0.3 is 9.64 Å². The van der Waals surface area contributed by atoms with Crippen LogP contribution in [0.5, 0.6) is 0 Å². The monoisotopic (exact) mass is 321 g/mol. The van der Waals surface area contributed by atoms with Gasteiger partial charge in [-0.2, -0.15) is 10.2 Å². The zero-order valence-corrected chi connectivity index (χ0v) is 12.6. The van der Waals surface area contributed by atoms with Crippen molar-refractivity contribution >= 4 is 32.5 Å². The summed E-state index contributed by atoms with van der Waals surface area (Å²) in [6.07, 6.45) is 2.32. The van der Waals surface area contributed by atoms with E-state index in [9.17, 15) is 0 Å². The van der Waals surface area contributed by atoms with E-state index < -0.39 is 0 Å². The van der Waals surface area contributed by atoms with Gasteiger partial charge in [-0.3, -0.25) is 0 Å². The first-order valence-corrected chi connectivity index (χ1v) is 7.24. The van der Waals surface area contributed by atoms with E-state index in [1.54, 1.807) is 0 Å². The lowest BCUT2D eigenvalue weighted by molar-refractivity contribution is -0.00515. The Bertz CT molecular complexity index is 594. The van der Waals surface area contributed by atoms with Crippen LogP contribution in [0.25, 0.3) is 10.9 Å². The largest absolute Gasteiger partial charge is 0.372 e. The summed E-state index contributed by atoms with van der Waals surface area (Å²) < 4.78 is 6.85. The Morgan fingerprint density at radius 3 is 2.74 bits per heavy atom. The normalized spacial score (nSPS) is 23.8. The van der Waals surface area contributed by atoms with Crippen LogP contribution in [0.1, 0.15) is 13.8 Å². The van der Waals surface area contributed by atoms with Crippen LogP contribution < -0.4 is 4.90 Å². The maximum atomic E-state index is 5.79. The van der Waals surface area contributed by atoms with Gasteiger partial charge in [-0.15, -0.1) is 0 Å². The summed E-state index contributed by atoms with van der Waals surface area (Å²) in [4.78, 5) is 2.34. The number of rotatable bonds is 1. The number of morpholine rings is 1. The molecule has 1 aromatic heterocycles. The quantitative estimate of drug-likeness (QED) is 0.809.